The smallest absolute Gasteiger partial charge is 0.407 e. The summed E-state index contributed by atoms with van der Waals surface area (Å²) in [6.45, 7) is 5.52. The van der Waals surface area contributed by atoms with Crippen molar-refractivity contribution in [2.45, 2.75) is 38.5 Å². The summed E-state index contributed by atoms with van der Waals surface area (Å²) >= 11 is 1.38. The first-order chi connectivity index (χ1) is 18.5. The molecule has 2 N–H and O–H groups in total. The number of hydrogen-bond acceptors (Lipinski definition) is 10. The number of ether oxygens (including phenoxy) is 2. The van der Waals surface area contributed by atoms with Crippen molar-refractivity contribution in [2.24, 2.45) is 0 Å². The Morgan fingerprint density at radius 1 is 1.13 bits per heavy atom. The molecule has 12 nitrogen and oxygen atoms in total. The quantitative estimate of drug-likeness (QED) is 0.314. The number of hydrogen-bond donors (Lipinski definition) is 2. The van der Waals surface area contributed by atoms with E-state index in [1.165, 1.54) is 28.4 Å². The van der Waals surface area contributed by atoms with Crippen LogP contribution >= 0.6 is 11.3 Å². The number of anilines is 1. The summed E-state index contributed by atoms with van der Waals surface area (Å²) in [5.41, 5.74) is 0.247. The molecule has 3 amide bonds. The van der Waals surface area contributed by atoms with Gasteiger partial charge in [-0.1, -0.05) is 23.5 Å². The minimum absolute atomic E-state index is 0.00809. The molecule has 204 valence electrons. The lowest BCUT2D eigenvalue weighted by atomic mass is 10.1. The maximum atomic E-state index is 12.9. The van der Waals surface area contributed by atoms with Gasteiger partial charge in [0.1, 0.15) is 18.0 Å². The molecule has 1 unspecified atom stereocenters. The number of carbonyl (C=O) groups excluding carboxylic acids is 3. The fourth-order valence-corrected chi connectivity index (χ4v) is 5.00. The fourth-order valence-electron chi connectivity index (χ4n) is 4.03. The molecular formula is C26H26N4O8S. The normalized spacial score (nSPS) is 16.2. The van der Waals surface area contributed by atoms with Gasteiger partial charge in [-0.2, -0.15) is 0 Å². The molecule has 1 aromatic heterocycles. The van der Waals surface area contributed by atoms with Crippen LogP contribution in [-0.2, 0) is 14.4 Å². The van der Waals surface area contributed by atoms with Crippen molar-refractivity contribution in [3.8, 4) is 5.75 Å². The lowest BCUT2D eigenvalue weighted by Gasteiger charge is -2.37. The number of imide groups is 1. The number of aromatic nitrogens is 1. The number of esters is 1. The molecular weight excluding hydrogens is 528 g/mol. The molecule has 0 radical (unpaired) electrons. The molecule has 3 aromatic rings. The molecule has 13 heteroatoms. The Balaban J connectivity index is 1.27. The molecule has 0 saturated carbocycles. The van der Waals surface area contributed by atoms with Crippen molar-refractivity contribution >= 4 is 50.6 Å². The summed E-state index contributed by atoms with van der Waals surface area (Å²) in [6, 6.07) is 11.5. The number of hydroxylamine groups is 2. The molecule has 0 aliphatic carbocycles. The van der Waals surface area contributed by atoms with Crippen LogP contribution in [0.15, 0.2) is 42.5 Å². The van der Waals surface area contributed by atoms with Gasteiger partial charge in [0.15, 0.2) is 5.13 Å². The summed E-state index contributed by atoms with van der Waals surface area (Å²) in [7, 11) is 0. The number of likely N-dealkylation sites (tertiary alicyclic amines) is 1. The SMILES string of the molecule is CC(C)(C)OC(=O)C(COc1ccc2nc(NC3CN(C(=O)O)C3)sc2c1)ON1C(=O)c2ccccc2C1=O. The number of amides is 3. The lowest BCUT2D eigenvalue weighted by molar-refractivity contribution is -0.193. The van der Waals surface area contributed by atoms with Crippen LogP contribution in [-0.4, -0.2) is 81.4 Å². The fraction of sp³-hybridized carbons (Fsp3) is 0.346. The van der Waals surface area contributed by atoms with Crippen molar-refractivity contribution in [2.75, 3.05) is 25.0 Å². The highest BCUT2D eigenvalue weighted by atomic mass is 32.1. The van der Waals surface area contributed by atoms with E-state index < -0.39 is 35.6 Å². The first-order valence-electron chi connectivity index (χ1n) is 12.1. The molecule has 2 aromatic carbocycles. The highest BCUT2D eigenvalue weighted by Crippen LogP contribution is 2.31. The number of nitrogens with one attached hydrogen (secondary N) is 1. The van der Waals surface area contributed by atoms with E-state index in [1.807, 2.05) is 0 Å². The summed E-state index contributed by atoms with van der Waals surface area (Å²) in [4.78, 5) is 60.9. The van der Waals surface area contributed by atoms with Gasteiger partial charge in [-0.05, 0) is 51.1 Å². The highest BCUT2D eigenvalue weighted by molar-refractivity contribution is 7.22. The van der Waals surface area contributed by atoms with Crippen molar-refractivity contribution in [1.29, 1.82) is 0 Å². The number of carbonyl (C=O) groups is 4. The zero-order valence-corrected chi connectivity index (χ0v) is 22.2. The van der Waals surface area contributed by atoms with Gasteiger partial charge in [0.2, 0.25) is 6.10 Å². The maximum Gasteiger partial charge on any atom is 0.407 e. The van der Waals surface area contributed by atoms with Gasteiger partial charge in [-0.25, -0.2) is 19.4 Å². The molecule has 0 spiro atoms. The average Bonchev–Trinajstić information content (AvgIpc) is 3.35. The zero-order valence-electron chi connectivity index (χ0n) is 21.4. The van der Waals surface area contributed by atoms with E-state index in [0.717, 1.165) is 10.2 Å². The number of benzene rings is 2. The molecule has 5 rings (SSSR count). The van der Waals surface area contributed by atoms with E-state index in [1.54, 1.807) is 51.1 Å². The van der Waals surface area contributed by atoms with Gasteiger partial charge in [0.05, 0.1) is 27.4 Å². The van der Waals surface area contributed by atoms with Gasteiger partial charge in [0, 0.05) is 13.1 Å². The lowest BCUT2D eigenvalue weighted by Crippen LogP contribution is -2.56. The predicted octanol–water partition coefficient (Wildman–Crippen LogP) is 3.39. The summed E-state index contributed by atoms with van der Waals surface area (Å²) in [5, 5.41) is 13.4. The second kappa shape index (κ2) is 10.2. The second-order valence-corrected chi connectivity index (χ2v) is 11.1. The summed E-state index contributed by atoms with van der Waals surface area (Å²) < 4.78 is 12.1. The van der Waals surface area contributed by atoms with Crippen LogP contribution in [0.1, 0.15) is 41.5 Å². The van der Waals surface area contributed by atoms with Gasteiger partial charge in [-0.3, -0.25) is 9.59 Å². The Bertz CT molecular complexity index is 1420. The minimum Gasteiger partial charge on any atom is -0.490 e. The predicted molar refractivity (Wildman–Crippen MR) is 140 cm³/mol. The Hall–Kier alpha value is -4.23. The van der Waals surface area contributed by atoms with Crippen LogP contribution in [0, 0.1) is 0 Å². The van der Waals surface area contributed by atoms with Crippen molar-refractivity contribution in [1.82, 2.24) is 14.9 Å². The van der Waals surface area contributed by atoms with Crippen molar-refractivity contribution in [3.63, 3.8) is 0 Å². The van der Waals surface area contributed by atoms with E-state index >= 15 is 0 Å². The Kier molecular flexibility index (Phi) is 6.87. The third-order valence-electron chi connectivity index (χ3n) is 5.90. The summed E-state index contributed by atoms with van der Waals surface area (Å²) in [6.07, 6.45) is -2.35. The molecule has 2 aliphatic rings. The van der Waals surface area contributed by atoms with Crippen LogP contribution in [0.3, 0.4) is 0 Å². The number of fused-ring (bicyclic) bond motifs is 2. The third kappa shape index (κ3) is 5.64. The number of nitrogens with zero attached hydrogens (tertiary/aromatic N) is 3. The van der Waals surface area contributed by atoms with E-state index in [9.17, 15) is 19.2 Å². The third-order valence-corrected chi connectivity index (χ3v) is 6.85. The van der Waals surface area contributed by atoms with E-state index in [4.69, 9.17) is 19.4 Å². The van der Waals surface area contributed by atoms with E-state index in [2.05, 4.69) is 10.3 Å². The van der Waals surface area contributed by atoms with Gasteiger partial charge in [0.25, 0.3) is 11.8 Å². The number of thiazole rings is 1. The average molecular weight is 555 g/mol. The van der Waals surface area contributed by atoms with Crippen LogP contribution in [0.25, 0.3) is 10.2 Å². The largest absolute Gasteiger partial charge is 0.490 e. The number of carboxylic acid groups (broad SMARTS) is 1. The Labute approximate surface area is 227 Å². The Morgan fingerprint density at radius 3 is 2.41 bits per heavy atom. The first kappa shape index (κ1) is 26.4. The van der Waals surface area contributed by atoms with E-state index in [0.29, 0.717) is 29.0 Å². The zero-order chi connectivity index (χ0) is 27.9. The standard InChI is InChI=1S/C26H26N4O8S/c1-26(2,3)37-23(33)19(38-30-21(31)16-6-4-5-7-17(16)22(30)32)13-36-15-8-9-18-20(10-15)39-24(28-18)27-14-11-29(12-14)25(34)35/h4-10,14,19H,11-13H2,1-3H3,(H,27,28)(H,34,35). The molecule has 0 bridgehead atoms. The van der Waals surface area contributed by atoms with Gasteiger partial charge in [-0.15, -0.1) is 5.06 Å². The topological polar surface area (TPSA) is 148 Å². The monoisotopic (exact) mass is 554 g/mol. The van der Waals surface area contributed by atoms with Crippen LogP contribution in [0.5, 0.6) is 5.75 Å². The molecule has 1 fully saturated rings. The highest BCUT2D eigenvalue weighted by Gasteiger charge is 2.40. The molecule has 1 saturated heterocycles. The van der Waals surface area contributed by atoms with E-state index in [-0.39, 0.29) is 23.8 Å². The van der Waals surface area contributed by atoms with Crippen LogP contribution in [0.2, 0.25) is 0 Å². The number of rotatable bonds is 8. The van der Waals surface area contributed by atoms with Crippen molar-refractivity contribution in [3.05, 3.63) is 53.6 Å². The van der Waals surface area contributed by atoms with Crippen LogP contribution in [0.4, 0.5) is 9.93 Å². The molecule has 1 atom stereocenters. The van der Waals surface area contributed by atoms with Gasteiger partial charge >= 0.3 is 12.1 Å². The Morgan fingerprint density at radius 2 is 1.79 bits per heavy atom. The summed E-state index contributed by atoms with van der Waals surface area (Å²) in [5.74, 6) is -1.72. The van der Waals surface area contributed by atoms with Gasteiger partial charge < -0.3 is 24.8 Å². The molecule has 3 heterocycles. The van der Waals surface area contributed by atoms with Crippen molar-refractivity contribution < 1.29 is 38.6 Å². The second-order valence-electron chi connectivity index (χ2n) is 10.1. The van der Waals surface area contributed by atoms with Crippen LogP contribution < -0.4 is 10.1 Å². The molecule has 39 heavy (non-hydrogen) atoms. The molecule has 2 aliphatic heterocycles. The minimum atomic E-state index is -1.41. The maximum absolute atomic E-state index is 12.9. The first-order valence-corrected chi connectivity index (χ1v) is 13.0.